The number of para-hydroxylation sites is 2. The maximum absolute atomic E-state index is 12.8. The van der Waals surface area contributed by atoms with Gasteiger partial charge < -0.3 is 23.5 Å². The van der Waals surface area contributed by atoms with Gasteiger partial charge in [-0.3, -0.25) is 9.36 Å². The van der Waals surface area contributed by atoms with E-state index in [1.807, 2.05) is 36.9 Å². The Bertz CT molecular complexity index is 957. The van der Waals surface area contributed by atoms with E-state index in [1.54, 1.807) is 6.07 Å². The van der Waals surface area contributed by atoms with Crippen LogP contribution in [-0.4, -0.2) is 66.1 Å². The number of nitrogens with zero attached hydrogens (tertiary/aromatic N) is 2. The quantitative estimate of drug-likeness (QED) is 0.580. The standard InChI is InChI=1S/C24H34N2O6/c1-18(2)29-15-16-30-19-8-14-31-24(17-19)9-12-25(13-10-24)22(27)7-11-26-20-5-3-4-6-21(20)32-23(26)28/h3-6,18-19H,7-17H2,1-2H3. The van der Waals surface area contributed by atoms with Crippen molar-refractivity contribution in [2.45, 2.75) is 70.3 Å². The highest BCUT2D eigenvalue weighted by molar-refractivity contribution is 5.77. The highest BCUT2D eigenvalue weighted by Crippen LogP contribution is 2.36. The summed E-state index contributed by atoms with van der Waals surface area (Å²) in [6.07, 6.45) is 4.08. The largest absolute Gasteiger partial charge is 0.419 e. The number of hydrogen-bond donors (Lipinski definition) is 0. The van der Waals surface area contributed by atoms with E-state index in [9.17, 15) is 9.59 Å². The molecule has 1 spiro atoms. The summed E-state index contributed by atoms with van der Waals surface area (Å²) in [7, 11) is 0. The van der Waals surface area contributed by atoms with Gasteiger partial charge in [-0.1, -0.05) is 12.1 Å². The summed E-state index contributed by atoms with van der Waals surface area (Å²) in [5.41, 5.74) is 1.08. The normalized spacial score (nSPS) is 21.0. The van der Waals surface area contributed by atoms with E-state index in [1.165, 1.54) is 4.57 Å². The number of carbonyl (C=O) groups is 1. The minimum Gasteiger partial charge on any atom is -0.408 e. The van der Waals surface area contributed by atoms with Crippen molar-refractivity contribution < 1.29 is 23.4 Å². The predicted molar refractivity (Wildman–Crippen MR) is 120 cm³/mol. The predicted octanol–water partition coefficient (Wildman–Crippen LogP) is 2.97. The molecule has 32 heavy (non-hydrogen) atoms. The molecule has 1 amide bonds. The van der Waals surface area contributed by atoms with Crippen LogP contribution in [0.2, 0.25) is 0 Å². The molecule has 3 heterocycles. The van der Waals surface area contributed by atoms with Gasteiger partial charge in [-0.25, -0.2) is 4.79 Å². The number of aromatic nitrogens is 1. The first-order valence-electron chi connectivity index (χ1n) is 11.7. The Hall–Kier alpha value is -2.16. The molecule has 4 rings (SSSR count). The summed E-state index contributed by atoms with van der Waals surface area (Å²) in [5, 5.41) is 0. The maximum Gasteiger partial charge on any atom is 0.419 e. The van der Waals surface area contributed by atoms with Gasteiger partial charge in [0.05, 0.1) is 36.5 Å². The van der Waals surface area contributed by atoms with Crippen LogP contribution in [0.5, 0.6) is 0 Å². The Morgan fingerprint density at radius 2 is 2.00 bits per heavy atom. The number of ether oxygens (including phenoxy) is 3. The Kier molecular flexibility index (Phi) is 7.33. The van der Waals surface area contributed by atoms with Gasteiger partial charge in [-0.2, -0.15) is 0 Å². The molecule has 1 aromatic carbocycles. The Balaban J connectivity index is 1.25. The number of likely N-dealkylation sites (tertiary alicyclic amines) is 1. The third-order valence-electron chi connectivity index (χ3n) is 6.49. The third kappa shape index (κ3) is 5.42. The number of hydrogen-bond acceptors (Lipinski definition) is 6. The number of aryl methyl sites for hydroxylation is 1. The number of benzene rings is 1. The van der Waals surface area contributed by atoms with Gasteiger partial charge in [0.2, 0.25) is 5.91 Å². The van der Waals surface area contributed by atoms with Gasteiger partial charge in [-0.05, 0) is 45.2 Å². The maximum atomic E-state index is 12.8. The van der Waals surface area contributed by atoms with E-state index in [0.29, 0.717) is 45.0 Å². The first-order chi connectivity index (χ1) is 15.5. The topological polar surface area (TPSA) is 83.1 Å². The molecule has 0 bridgehead atoms. The van der Waals surface area contributed by atoms with E-state index < -0.39 is 5.76 Å². The first kappa shape index (κ1) is 23.0. The number of amides is 1. The number of fused-ring (bicyclic) bond motifs is 1. The van der Waals surface area contributed by atoms with Crippen LogP contribution in [-0.2, 0) is 25.5 Å². The average molecular weight is 447 g/mol. The lowest BCUT2D eigenvalue weighted by molar-refractivity contribution is -0.163. The summed E-state index contributed by atoms with van der Waals surface area (Å²) in [6.45, 7) is 7.61. The van der Waals surface area contributed by atoms with Crippen molar-refractivity contribution in [1.82, 2.24) is 9.47 Å². The Morgan fingerprint density at radius 3 is 2.78 bits per heavy atom. The van der Waals surface area contributed by atoms with Crippen LogP contribution in [0.4, 0.5) is 0 Å². The summed E-state index contributed by atoms with van der Waals surface area (Å²) >= 11 is 0. The zero-order valence-electron chi connectivity index (χ0n) is 19.1. The minimum absolute atomic E-state index is 0.0616. The number of piperidine rings is 1. The molecular weight excluding hydrogens is 412 g/mol. The van der Waals surface area contributed by atoms with Gasteiger partial charge in [0.1, 0.15) is 0 Å². The fraction of sp³-hybridized carbons (Fsp3) is 0.667. The molecule has 8 nitrogen and oxygen atoms in total. The van der Waals surface area contributed by atoms with Crippen molar-refractivity contribution in [2.24, 2.45) is 0 Å². The minimum atomic E-state index is -0.419. The van der Waals surface area contributed by atoms with E-state index in [4.69, 9.17) is 18.6 Å². The fourth-order valence-corrected chi connectivity index (χ4v) is 4.73. The van der Waals surface area contributed by atoms with Gasteiger partial charge in [0.25, 0.3) is 0 Å². The first-order valence-corrected chi connectivity index (χ1v) is 11.7. The molecule has 2 aliphatic heterocycles. The molecule has 2 aliphatic rings. The smallest absolute Gasteiger partial charge is 0.408 e. The molecule has 1 atom stereocenters. The summed E-state index contributed by atoms with van der Waals surface area (Å²) in [6, 6.07) is 7.28. The van der Waals surface area contributed by atoms with Gasteiger partial charge >= 0.3 is 5.76 Å². The second-order valence-electron chi connectivity index (χ2n) is 9.05. The highest BCUT2D eigenvalue weighted by Gasteiger charge is 2.41. The van der Waals surface area contributed by atoms with Gasteiger partial charge in [0.15, 0.2) is 5.58 Å². The zero-order chi connectivity index (χ0) is 22.6. The zero-order valence-corrected chi connectivity index (χ0v) is 19.1. The summed E-state index contributed by atoms with van der Waals surface area (Å²) in [4.78, 5) is 26.8. The molecule has 1 unspecified atom stereocenters. The average Bonchev–Trinajstić information content (AvgIpc) is 3.10. The molecule has 8 heteroatoms. The molecular formula is C24H34N2O6. The van der Waals surface area contributed by atoms with Crippen LogP contribution in [0, 0.1) is 0 Å². The highest BCUT2D eigenvalue weighted by atomic mass is 16.5. The van der Waals surface area contributed by atoms with Crippen LogP contribution >= 0.6 is 0 Å². The summed E-state index contributed by atoms with van der Waals surface area (Å²) in [5.74, 6) is -0.358. The van der Waals surface area contributed by atoms with Crippen molar-refractivity contribution in [1.29, 1.82) is 0 Å². The number of oxazole rings is 1. The number of rotatable bonds is 8. The molecule has 2 aromatic rings. The van der Waals surface area contributed by atoms with Crippen LogP contribution in [0.1, 0.15) is 46.0 Å². The van der Waals surface area contributed by atoms with E-state index in [0.717, 1.165) is 31.2 Å². The van der Waals surface area contributed by atoms with Crippen LogP contribution < -0.4 is 5.76 Å². The Labute approximate surface area is 188 Å². The van der Waals surface area contributed by atoms with Crippen molar-refractivity contribution in [2.75, 3.05) is 32.9 Å². The van der Waals surface area contributed by atoms with Gasteiger partial charge in [-0.15, -0.1) is 0 Å². The van der Waals surface area contributed by atoms with Crippen molar-refractivity contribution in [3.63, 3.8) is 0 Å². The molecule has 176 valence electrons. The Morgan fingerprint density at radius 1 is 1.22 bits per heavy atom. The number of carbonyl (C=O) groups excluding carboxylic acids is 1. The molecule has 0 aliphatic carbocycles. The van der Waals surface area contributed by atoms with E-state index in [-0.39, 0.29) is 30.1 Å². The summed E-state index contributed by atoms with van der Waals surface area (Å²) < 4.78 is 24.6. The lowest BCUT2D eigenvalue weighted by Gasteiger charge is -2.46. The van der Waals surface area contributed by atoms with Crippen LogP contribution in [0.3, 0.4) is 0 Å². The monoisotopic (exact) mass is 446 g/mol. The van der Waals surface area contributed by atoms with Crippen molar-refractivity contribution in [3.8, 4) is 0 Å². The van der Waals surface area contributed by atoms with Crippen molar-refractivity contribution >= 4 is 17.0 Å². The van der Waals surface area contributed by atoms with Gasteiger partial charge in [0, 0.05) is 39.1 Å². The third-order valence-corrected chi connectivity index (χ3v) is 6.49. The molecule has 0 radical (unpaired) electrons. The fourth-order valence-electron chi connectivity index (χ4n) is 4.73. The molecule has 2 fully saturated rings. The van der Waals surface area contributed by atoms with Crippen LogP contribution in [0.25, 0.3) is 11.1 Å². The molecule has 0 saturated carbocycles. The second-order valence-corrected chi connectivity index (χ2v) is 9.05. The molecule has 2 saturated heterocycles. The SMILES string of the molecule is CC(C)OCCOC1CCOC2(CCN(C(=O)CCn3c(=O)oc4ccccc43)CC2)C1. The lowest BCUT2D eigenvalue weighted by atomic mass is 9.83. The lowest BCUT2D eigenvalue weighted by Crippen LogP contribution is -2.52. The second kappa shape index (κ2) is 10.2. The van der Waals surface area contributed by atoms with Crippen molar-refractivity contribution in [3.05, 3.63) is 34.8 Å². The molecule has 1 aromatic heterocycles. The van der Waals surface area contributed by atoms with Crippen LogP contribution in [0.15, 0.2) is 33.5 Å². The van der Waals surface area contributed by atoms with E-state index >= 15 is 0 Å². The van der Waals surface area contributed by atoms with E-state index in [2.05, 4.69) is 0 Å². The molecule has 0 N–H and O–H groups in total.